The van der Waals surface area contributed by atoms with Crippen LogP contribution in [0.25, 0.3) is 0 Å². The third-order valence-corrected chi connectivity index (χ3v) is 3.54. The molecule has 0 saturated carbocycles. The minimum absolute atomic E-state index is 0.326. The second kappa shape index (κ2) is 4.64. The highest BCUT2D eigenvalue weighted by atomic mass is 32.2. The number of β-amino-alcohol motifs (C(OH)–C–C–N with tert-alkyl or cyclic N) is 1. The largest absolute Gasteiger partial charge is 0.390 e. The summed E-state index contributed by atoms with van der Waals surface area (Å²) < 4.78 is 0.326. The predicted octanol–water partition coefficient (Wildman–Crippen LogP) is 0.133. The molecular formula is C9H20N2OS. The van der Waals surface area contributed by atoms with E-state index in [2.05, 4.69) is 18.7 Å². The summed E-state index contributed by atoms with van der Waals surface area (Å²) in [6.45, 7) is 7.71. The number of hydrogen-bond acceptors (Lipinski definition) is 4. The van der Waals surface area contributed by atoms with Gasteiger partial charge in [0.05, 0.1) is 6.10 Å². The monoisotopic (exact) mass is 204 g/mol. The zero-order chi connectivity index (χ0) is 9.90. The summed E-state index contributed by atoms with van der Waals surface area (Å²) in [7, 11) is 0. The molecule has 3 nitrogen and oxygen atoms in total. The Morgan fingerprint density at radius 1 is 1.62 bits per heavy atom. The van der Waals surface area contributed by atoms with Gasteiger partial charge in [-0.15, -0.1) is 0 Å². The van der Waals surface area contributed by atoms with Crippen LogP contribution in [0.15, 0.2) is 0 Å². The molecule has 3 N–H and O–H groups in total. The highest BCUT2D eigenvalue weighted by Crippen LogP contribution is 2.29. The van der Waals surface area contributed by atoms with Gasteiger partial charge in [0.15, 0.2) is 0 Å². The summed E-state index contributed by atoms with van der Waals surface area (Å²) in [5.41, 5.74) is 5.37. The first kappa shape index (κ1) is 11.3. The minimum atomic E-state index is -0.362. The highest BCUT2D eigenvalue weighted by Gasteiger charge is 2.27. The molecule has 78 valence electrons. The summed E-state index contributed by atoms with van der Waals surface area (Å²) in [4.78, 5) is 2.30. The number of thioether (sulfide) groups is 1. The van der Waals surface area contributed by atoms with Gasteiger partial charge in [0.1, 0.15) is 0 Å². The van der Waals surface area contributed by atoms with Crippen LogP contribution >= 0.6 is 11.8 Å². The van der Waals surface area contributed by atoms with E-state index in [1.165, 1.54) is 0 Å². The average Bonchev–Trinajstić information content (AvgIpc) is 2.02. The van der Waals surface area contributed by atoms with Gasteiger partial charge in [0, 0.05) is 36.7 Å². The third kappa shape index (κ3) is 3.85. The third-order valence-electron chi connectivity index (χ3n) is 2.25. The van der Waals surface area contributed by atoms with Crippen molar-refractivity contribution in [1.29, 1.82) is 0 Å². The van der Waals surface area contributed by atoms with Gasteiger partial charge in [0.25, 0.3) is 0 Å². The topological polar surface area (TPSA) is 49.5 Å². The quantitative estimate of drug-likeness (QED) is 0.686. The molecule has 0 aromatic rings. The first-order valence-corrected chi connectivity index (χ1v) is 5.76. The maximum Gasteiger partial charge on any atom is 0.0789 e. The van der Waals surface area contributed by atoms with Crippen LogP contribution in [0.5, 0.6) is 0 Å². The Labute approximate surface area is 84.7 Å². The van der Waals surface area contributed by atoms with E-state index in [0.29, 0.717) is 11.3 Å². The lowest BCUT2D eigenvalue weighted by Gasteiger charge is -2.38. The molecule has 1 saturated heterocycles. The van der Waals surface area contributed by atoms with E-state index in [0.717, 1.165) is 25.4 Å². The molecule has 0 aliphatic carbocycles. The van der Waals surface area contributed by atoms with Crippen molar-refractivity contribution in [1.82, 2.24) is 4.90 Å². The first-order chi connectivity index (χ1) is 6.03. The number of nitrogens with two attached hydrogens (primary N) is 1. The SMILES string of the molecule is CC1(C)CN(CC(O)CN)CCS1. The zero-order valence-corrected chi connectivity index (χ0v) is 9.31. The molecule has 13 heavy (non-hydrogen) atoms. The molecule has 4 heteroatoms. The van der Waals surface area contributed by atoms with Crippen molar-refractivity contribution in [2.75, 3.05) is 31.9 Å². The molecular weight excluding hydrogens is 184 g/mol. The minimum Gasteiger partial charge on any atom is -0.390 e. The highest BCUT2D eigenvalue weighted by molar-refractivity contribution is 8.00. The summed E-state index contributed by atoms with van der Waals surface area (Å²) in [6, 6.07) is 0. The van der Waals surface area contributed by atoms with Crippen LogP contribution in [0, 0.1) is 0 Å². The van der Waals surface area contributed by atoms with Crippen molar-refractivity contribution >= 4 is 11.8 Å². The van der Waals surface area contributed by atoms with E-state index in [9.17, 15) is 5.11 Å². The fourth-order valence-corrected chi connectivity index (χ4v) is 2.82. The molecule has 1 heterocycles. The standard InChI is InChI=1S/C9H20N2OS/c1-9(2)7-11(3-4-13-9)6-8(12)5-10/h8,12H,3-7,10H2,1-2H3. The molecule has 0 radical (unpaired) electrons. The fraction of sp³-hybridized carbons (Fsp3) is 1.00. The molecule has 1 aliphatic rings. The average molecular weight is 204 g/mol. The lowest BCUT2D eigenvalue weighted by Crippen LogP contribution is -2.47. The van der Waals surface area contributed by atoms with Crippen LogP contribution in [-0.4, -0.2) is 52.8 Å². The number of rotatable bonds is 3. The van der Waals surface area contributed by atoms with Gasteiger partial charge in [-0.05, 0) is 13.8 Å². The van der Waals surface area contributed by atoms with Crippen molar-refractivity contribution in [2.45, 2.75) is 24.7 Å². The normalized spacial score (nSPS) is 25.8. The second-order valence-electron chi connectivity index (χ2n) is 4.23. The summed E-state index contributed by atoms with van der Waals surface area (Å²) in [6.07, 6.45) is -0.362. The van der Waals surface area contributed by atoms with Gasteiger partial charge in [0.2, 0.25) is 0 Å². The van der Waals surface area contributed by atoms with E-state index < -0.39 is 0 Å². The first-order valence-electron chi connectivity index (χ1n) is 4.78. The van der Waals surface area contributed by atoms with E-state index in [-0.39, 0.29) is 6.10 Å². The maximum atomic E-state index is 9.41. The Morgan fingerprint density at radius 3 is 2.85 bits per heavy atom. The molecule has 1 fully saturated rings. The van der Waals surface area contributed by atoms with Crippen molar-refractivity contribution in [3.05, 3.63) is 0 Å². The fourth-order valence-electron chi connectivity index (χ4n) is 1.64. The molecule has 1 unspecified atom stereocenters. The Hall–Kier alpha value is 0.230. The summed E-state index contributed by atoms with van der Waals surface area (Å²) >= 11 is 2.00. The lowest BCUT2D eigenvalue weighted by atomic mass is 10.1. The van der Waals surface area contributed by atoms with Gasteiger partial charge in [-0.3, -0.25) is 4.90 Å². The van der Waals surface area contributed by atoms with Crippen LogP contribution in [0.2, 0.25) is 0 Å². The van der Waals surface area contributed by atoms with Crippen molar-refractivity contribution in [2.24, 2.45) is 5.73 Å². The molecule has 1 atom stereocenters. The summed E-state index contributed by atoms with van der Waals surface area (Å²) in [5, 5.41) is 9.41. The predicted molar refractivity (Wildman–Crippen MR) is 58.0 cm³/mol. The number of nitrogens with zero attached hydrogens (tertiary/aromatic N) is 1. The van der Waals surface area contributed by atoms with Crippen molar-refractivity contribution in [3.63, 3.8) is 0 Å². The Bertz CT molecular complexity index is 164. The molecule has 1 aliphatic heterocycles. The molecule has 0 bridgehead atoms. The molecule has 0 amide bonds. The number of aliphatic hydroxyl groups excluding tert-OH is 1. The van der Waals surface area contributed by atoms with Gasteiger partial charge in [-0.1, -0.05) is 0 Å². The van der Waals surface area contributed by atoms with Gasteiger partial charge in [-0.2, -0.15) is 11.8 Å². The van der Waals surface area contributed by atoms with E-state index in [4.69, 9.17) is 5.73 Å². The van der Waals surface area contributed by atoms with Crippen LogP contribution in [0.4, 0.5) is 0 Å². The Balaban J connectivity index is 2.34. The van der Waals surface area contributed by atoms with Crippen LogP contribution in [0.1, 0.15) is 13.8 Å². The van der Waals surface area contributed by atoms with Gasteiger partial charge in [-0.25, -0.2) is 0 Å². The molecule has 0 spiro atoms. The van der Waals surface area contributed by atoms with E-state index in [1.807, 2.05) is 11.8 Å². The van der Waals surface area contributed by atoms with Crippen LogP contribution in [0.3, 0.4) is 0 Å². The van der Waals surface area contributed by atoms with Crippen LogP contribution in [-0.2, 0) is 0 Å². The Morgan fingerprint density at radius 2 is 2.31 bits per heavy atom. The summed E-state index contributed by atoms with van der Waals surface area (Å²) in [5.74, 6) is 1.16. The zero-order valence-electron chi connectivity index (χ0n) is 8.49. The van der Waals surface area contributed by atoms with Gasteiger partial charge < -0.3 is 10.8 Å². The maximum absolute atomic E-state index is 9.41. The van der Waals surface area contributed by atoms with Crippen LogP contribution < -0.4 is 5.73 Å². The lowest BCUT2D eigenvalue weighted by molar-refractivity contribution is 0.116. The number of aliphatic hydroxyl groups is 1. The molecule has 0 aromatic carbocycles. The van der Waals surface area contributed by atoms with Crippen molar-refractivity contribution < 1.29 is 5.11 Å². The number of hydrogen-bond donors (Lipinski definition) is 2. The van der Waals surface area contributed by atoms with Crippen molar-refractivity contribution in [3.8, 4) is 0 Å². The van der Waals surface area contributed by atoms with E-state index in [1.54, 1.807) is 0 Å². The Kier molecular flexibility index (Phi) is 4.04. The van der Waals surface area contributed by atoms with E-state index >= 15 is 0 Å². The van der Waals surface area contributed by atoms with Gasteiger partial charge >= 0.3 is 0 Å². The smallest absolute Gasteiger partial charge is 0.0789 e. The molecule has 0 aromatic heterocycles. The molecule has 1 rings (SSSR count). The second-order valence-corrected chi connectivity index (χ2v) is 6.03.